The van der Waals surface area contributed by atoms with Gasteiger partial charge in [0.15, 0.2) is 5.82 Å². The zero-order chi connectivity index (χ0) is 41.2. The Bertz CT molecular complexity index is 3200. The summed E-state index contributed by atoms with van der Waals surface area (Å²) in [6, 6.07) is 82.9. The Labute approximate surface area is 360 Å². The summed E-state index contributed by atoms with van der Waals surface area (Å²) in [6.45, 7) is 0. The van der Waals surface area contributed by atoms with E-state index in [0.29, 0.717) is 5.82 Å². The molecule has 0 saturated heterocycles. The lowest BCUT2D eigenvalue weighted by Gasteiger charge is -2.27. The predicted molar refractivity (Wildman–Crippen MR) is 257 cm³/mol. The van der Waals surface area contributed by atoms with Gasteiger partial charge in [0, 0.05) is 44.5 Å². The molecule has 0 N–H and O–H groups in total. The van der Waals surface area contributed by atoms with E-state index in [-0.39, 0.29) is 0 Å². The van der Waals surface area contributed by atoms with Gasteiger partial charge in [-0.3, -0.25) is 0 Å². The van der Waals surface area contributed by atoms with Gasteiger partial charge in [0.25, 0.3) is 0 Å². The molecule has 62 heavy (non-hydrogen) atoms. The zero-order valence-corrected chi connectivity index (χ0v) is 33.8. The van der Waals surface area contributed by atoms with Crippen molar-refractivity contribution in [2.45, 2.75) is 0 Å². The number of aromatic nitrogens is 2. The van der Waals surface area contributed by atoms with Crippen LogP contribution in [0, 0.1) is 0 Å². The third-order valence-corrected chi connectivity index (χ3v) is 11.5. The average Bonchev–Trinajstić information content (AvgIpc) is 3.73. The molecule has 0 fully saturated rings. The largest absolute Gasteiger partial charge is 0.456 e. The second-order valence-corrected chi connectivity index (χ2v) is 15.4. The van der Waals surface area contributed by atoms with Crippen molar-refractivity contribution in [1.29, 1.82) is 0 Å². The minimum Gasteiger partial charge on any atom is -0.456 e. The molecule has 0 aliphatic heterocycles. The smallest absolute Gasteiger partial charge is 0.160 e. The van der Waals surface area contributed by atoms with E-state index < -0.39 is 0 Å². The van der Waals surface area contributed by atoms with E-state index in [4.69, 9.17) is 14.4 Å². The third kappa shape index (κ3) is 7.20. The van der Waals surface area contributed by atoms with Crippen LogP contribution in [0.3, 0.4) is 0 Å². The Morgan fingerprint density at radius 2 is 0.645 bits per heavy atom. The van der Waals surface area contributed by atoms with Crippen LogP contribution in [0.2, 0.25) is 0 Å². The number of benzene rings is 9. The minimum atomic E-state index is 0.685. The van der Waals surface area contributed by atoms with Gasteiger partial charge in [-0.2, -0.15) is 0 Å². The van der Waals surface area contributed by atoms with Crippen molar-refractivity contribution in [3.8, 4) is 67.3 Å². The second kappa shape index (κ2) is 16.0. The molecule has 0 bridgehead atoms. The molecule has 0 aliphatic carbocycles. The Balaban J connectivity index is 0.981. The van der Waals surface area contributed by atoms with Gasteiger partial charge in [-0.25, -0.2) is 9.97 Å². The fourth-order valence-electron chi connectivity index (χ4n) is 8.37. The first-order valence-corrected chi connectivity index (χ1v) is 20.9. The van der Waals surface area contributed by atoms with Gasteiger partial charge in [0.2, 0.25) is 0 Å². The number of hydrogen-bond donors (Lipinski definition) is 0. The molecule has 0 radical (unpaired) electrons. The molecule has 0 unspecified atom stereocenters. The summed E-state index contributed by atoms with van der Waals surface area (Å²) < 4.78 is 6.68. The maximum Gasteiger partial charge on any atom is 0.160 e. The van der Waals surface area contributed by atoms with E-state index in [1.807, 2.05) is 48.5 Å². The summed E-state index contributed by atoms with van der Waals surface area (Å²) in [6.07, 6.45) is 0. The van der Waals surface area contributed by atoms with Crippen LogP contribution in [0.15, 0.2) is 241 Å². The lowest BCUT2D eigenvalue weighted by molar-refractivity contribution is 0.669. The van der Waals surface area contributed by atoms with Gasteiger partial charge in [0.1, 0.15) is 11.2 Å². The monoisotopic (exact) mass is 793 g/mol. The first-order chi connectivity index (χ1) is 30.7. The standard InChI is InChI=1S/C58H39N3O/c1-5-16-40(17-6-1)44-24-13-27-49(34-44)61(50-28-14-25-45(35-50)41-18-7-2-8-19-41)51-29-15-26-46(36-51)47-30-32-52-53-33-31-48(38-57(53)62-56(52)37-47)55-39-54(42-20-9-3-10-21-42)59-58(60-55)43-22-11-4-12-23-43/h1-39H. The highest BCUT2D eigenvalue weighted by Gasteiger charge is 2.17. The highest BCUT2D eigenvalue weighted by molar-refractivity contribution is 6.07. The summed E-state index contributed by atoms with van der Waals surface area (Å²) >= 11 is 0. The van der Waals surface area contributed by atoms with Gasteiger partial charge in [0.05, 0.1) is 11.4 Å². The zero-order valence-electron chi connectivity index (χ0n) is 33.8. The number of anilines is 3. The molecular formula is C58H39N3O. The molecule has 292 valence electrons. The Morgan fingerprint density at radius 1 is 0.274 bits per heavy atom. The summed E-state index contributed by atoms with van der Waals surface area (Å²) in [5.74, 6) is 0.685. The van der Waals surface area contributed by atoms with E-state index >= 15 is 0 Å². The second-order valence-electron chi connectivity index (χ2n) is 15.4. The molecule has 9 aromatic carbocycles. The summed E-state index contributed by atoms with van der Waals surface area (Å²) in [5, 5.41) is 2.13. The van der Waals surface area contributed by atoms with Crippen LogP contribution in [-0.2, 0) is 0 Å². The quantitative estimate of drug-likeness (QED) is 0.146. The number of hydrogen-bond acceptors (Lipinski definition) is 4. The van der Waals surface area contributed by atoms with E-state index in [0.717, 1.165) is 89.3 Å². The molecule has 0 saturated carbocycles. The molecule has 11 rings (SSSR count). The maximum absolute atomic E-state index is 6.68. The van der Waals surface area contributed by atoms with Crippen molar-refractivity contribution in [1.82, 2.24) is 9.97 Å². The molecule has 0 atom stereocenters. The highest BCUT2D eigenvalue weighted by atomic mass is 16.3. The fourth-order valence-corrected chi connectivity index (χ4v) is 8.37. The van der Waals surface area contributed by atoms with Crippen LogP contribution in [0.1, 0.15) is 0 Å². The van der Waals surface area contributed by atoms with Crippen LogP contribution in [-0.4, -0.2) is 9.97 Å². The van der Waals surface area contributed by atoms with Gasteiger partial charge in [-0.15, -0.1) is 0 Å². The van der Waals surface area contributed by atoms with Crippen LogP contribution in [0.5, 0.6) is 0 Å². The molecule has 0 spiro atoms. The molecule has 0 amide bonds. The van der Waals surface area contributed by atoms with Crippen LogP contribution >= 0.6 is 0 Å². The Hall–Kier alpha value is -8.34. The molecule has 4 nitrogen and oxygen atoms in total. The van der Waals surface area contributed by atoms with Crippen LogP contribution in [0.4, 0.5) is 17.1 Å². The maximum atomic E-state index is 6.68. The van der Waals surface area contributed by atoms with E-state index in [9.17, 15) is 0 Å². The number of fused-ring (bicyclic) bond motifs is 3. The molecule has 2 aromatic heterocycles. The van der Waals surface area contributed by atoms with Gasteiger partial charge >= 0.3 is 0 Å². The third-order valence-electron chi connectivity index (χ3n) is 11.5. The van der Waals surface area contributed by atoms with E-state index in [2.05, 4.69) is 193 Å². The van der Waals surface area contributed by atoms with Crippen molar-refractivity contribution in [3.05, 3.63) is 237 Å². The van der Waals surface area contributed by atoms with Crippen molar-refractivity contribution in [3.63, 3.8) is 0 Å². The molecule has 11 aromatic rings. The lowest BCUT2D eigenvalue weighted by atomic mass is 10.0. The molecule has 2 heterocycles. The normalized spacial score (nSPS) is 11.2. The van der Waals surface area contributed by atoms with E-state index in [1.165, 1.54) is 11.1 Å². The topological polar surface area (TPSA) is 42.2 Å². The van der Waals surface area contributed by atoms with Crippen molar-refractivity contribution >= 4 is 39.0 Å². The fraction of sp³-hybridized carbons (Fsp3) is 0. The summed E-state index contributed by atoms with van der Waals surface area (Å²) in [4.78, 5) is 12.4. The van der Waals surface area contributed by atoms with Crippen molar-refractivity contribution in [2.75, 3.05) is 4.90 Å². The average molecular weight is 794 g/mol. The Morgan fingerprint density at radius 3 is 1.15 bits per heavy atom. The van der Waals surface area contributed by atoms with Crippen LogP contribution in [0.25, 0.3) is 89.2 Å². The summed E-state index contributed by atoms with van der Waals surface area (Å²) in [7, 11) is 0. The Kier molecular flexibility index (Phi) is 9.49. The first-order valence-electron chi connectivity index (χ1n) is 20.9. The molecule has 0 aliphatic rings. The number of rotatable bonds is 9. The summed E-state index contributed by atoms with van der Waals surface area (Å²) in [5.41, 5.74) is 16.4. The predicted octanol–water partition coefficient (Wildman–Crippen LogP) is 15.8. The highest BCUT2D eigenvalue weighted by Crippen LogP contribution is 2.41. The van der Waals surface area contributed by atoms with E-state index in [1.54, 1.807) is 0 Å². The first kappa shape index (κ1) is 36.7. The van der Waals surface area contributed by atoms with Crippen molar-refractivity contribution in [2.24, 2.45) is 0 Å². The molecule has 4 heteroatoms. The lowest BCUT2D eigenvalue weighted by Crippen LogP contribution is -2.10. The SMILES string of the molecule is c1ccc(-c2cccc(N(c3cccc(-c4ccccc4)c3)c3cccc(-c4ccc5c(c4)oc4cc(-c6cc(-c7ccccc7)nc(-c7ccccc7)n6)ccc45)c3)c2)cc1. The van der Waals surface area contributed by atoms with Gasteiger partial charge in [-0.05, 0) is 100 Å². The van der Waals surface area contributed by atoms with Gasteiger partial charge < -0.3 is 9.32 Å². The minimum absolute atomic E-state index is 0.685. The van der Waals surface area contributed by atoms with Gasteiger partial charge in [-0.1, -0.05) is 170 Å². The number of nitrogens with zero attached hydrogens (tertiary/aromatic N) is 3. The van der Waals surface area contributed by atoms with Crippen LogP contribution < -0.4 is 4.90 Å². The molecular weight excluding hydrogens is 755 g/mol. The van der Waals surface area contributed by atoms with Crippen molar-refractivity contribution < 1.29 is 4.42 Å². The number of furan rings is 1.